The van der Waals surface area contributed by atoms with E-state index in [1.807, 2.05) is 0 Å². The van der Waals surface area contributed by atoms with Gasteiger partial charge in [0.1, 0.15) is 11.5 Å². The molecular weight excluding hydrogens is 325 g/mol. The van der Waals surface area contributed by atoms with Crippen LogP contribution in [-0.2, 0) is 5.41 Å². The maximum atomic E-state index is 14.1. The lowest BCUT2D eigenvalue weighted by Crippen LogP contribution is -2.22. The third kappa shape index (κ3) is 3.31. The molecule has 0 atom stereocenters. The molecule has 0 saturated heterocycles. The van der Waals surface area contributed by atoms with E-state index in [-0.39, 0.29) is 28.4 Å². The fourth-order valence-electron chi connectivity index (χ4n) is 2.97. The topological polar surface area (TPSA) is 84.3 Å². The number of hydrogen-bond donors (Lipinski definition) is 2. The molecule has 0 bridgehead atoms. The highest BCUT2D eigenvalue weighted by atomic mass is 19.1. The van der Waals surface area contributed by atoms with E-state index in [0.29, 0.717) is 17.8 Å². The molecule has 2 aromatic carbocycles. The summed E-state index contributed by atoms with van der Waals surface area (Å²) in [5.41, 5.74) is 0.659. The van der Waals surface area contributed by atoms with Gasteiger partial charge in [0.15, 0.2) is 0 Å². The van der Waals surface area contributed by atoms with Gasteiger partial charge >= 0.3 is 0 Å². The molecule has 7 heteroatoms. The minimum atomic E-state index is -0.530. The van der Waals surface area contributed by atoms with Crippen LogP contribution in [0.2, 0.25) is 0 Å². The summed E-state index contributed by atoms with van der Waals surface area (Å²) in [5, 5.41) is 16.8. The number of nitro groups is 1. The summed E-state index contributed by atoms with van der Waals surface area (Å²) in [6, 6.07) is 10.9. The Morgan fingerprint density at radius 1 is 1.28 bits per heavy atom. The molecule has 1 aliphatic rings. The number of rotatable bonds is 6. The average Bonchev–Trinajstić information content (AvgIpc) is 3.40. The van der Waals surface area contributed by atoms with Gasteiger partial charge in [-0.1, -0.05) is 18.2 Å². The predicted octanol–water partition coefficient (Wildman–Crippen LogP) is 3.24. The van der Waals surface area contributed by atoms with Crippen molar-refractivity contribution in [1.29, 1.82) is 0 Å². The first-order valence-electron chi connectivity index (χ1n) is 7.96. The van der Waals surface area contributed by atoms with Gasteiger partial charge < -0.3 is 10.6 Å². The van der Waals surface area contributed by atoms with Crippen LogP contribution in [0.1, 0.15) is 28.8 Å². The lowest BCUT2D eigenvalue weighted by atomic mass is 9.95. The van der Waals surface area contributed by atoms with Crippen molar-refractivity contribution in [3.05, 3.63) is 69.5 Å². The van der Waals surface area contributed by atoms with E-state index in [1.165, 1.54) is 31.3 Å². The minimum Gasteiger partial charge on any atom is -0.379 e. The zero-order chi connectivity index (χ0) is 18.0. The quantitative estimate of drug-likeness (QED) is 0.623. The second-order valence-corrected chi connectivity index (χ2v) is 6.18. The van der Waals surface area contributed by atoms with Crippen LogP contribution in [0.25, 0.3) is 0 Å². The molecule has 0 unspecified atom stereocenters. The molecule has 0 radical (unpaired) electrons. The highest BCUT2D eigenvalue weighted by Crippen LogP contribution is 2.49. The third-order valence-corrected chi connectivity index (χ3v) is 4.60. The van der Waals surface area contributed by atoms with Crippen LogP contribution >= 0.6 is 0 Å². The molecule has 2 aromatic rings. The molecular formula is C18H18FN3O3. The monoisotopic (exact) mass is 343 g/mol. The zero-order valence-electron chi connectivity index (χ0n) is 13.7. The lowest BCUT2D eigenvalue weighted by molar-refractivity contribution is -0.384. The Hall–Kier alpha value is -2.96. The molecule has 130 valence electrons. The predicted molar refractivity (Wildman–Crippen MR) is 92.3 cm³/mol. The van der Waals surface area contributed by atoms with Crippen molar-refractivity contribution in [3.63, 3.8) is 0 Å². The van der Waals surface area contributed by atoms with Gasteiger partial charge in [0.05, 0.1) is 4.92 Å². The number of anilines is 1. The van der Waals surface area contributed by atoms with Gasteiger partial charge in [-0.15, -0.1) is 0 Å². The van der Waals surface area contributed by atoms with E-state index < -0.39 is 4.92 Å². The molecule has 25 heavy (non-hydrogen) atoms. The van der Waals surface area contributed by atoms with Crippen molar-refractivity contribution in [2.45, 2.75) is 18.3 Å². The number of halogens is 1. The highest BCUT2D eigenvalue weighted by molar-refractivity contribution is 5.95. The summed E-state index contributed by atoms with van der Waals surface area (Å²) in [6.45, 7) is 0.397. The van der Waals surface area contributed by atoms with Gasteiger partial charge in [0, 0.05) is 30.6 Å². The molecule has 0 heterocycles. The van der Waals surface area contributed by atoms with Crippen LogP contribution < -0.4 is 10.6 Å². The van der Waals surface area contributed by atoms with E-state index in [0.717, 1.165) is 12.8 Å². The summed E-state index contributed by atoms with van der Waals surface area (Å²) >= 11 is 0. The molecule has 0 aliphatic heterocycles. The number of nitro benzene ring substituents is 1. The van der Waals surface area contributed by atoms with Crippen molar-refractivity contribution >= 4 is 17.3 Å². The smallest absolute Gasteiger partial charge is 0.293 e. The van der Waals surface area contributed by atoms with Crippen molar-refractivity contribution in [2.75, 3.05) is 18.9 Å². The number of nitrogens with one attached hydrogen (secondary N) is 2. The van der Waals surface area contributed by atoms with Gasteiger partial charge in [0.25, 0.3) is 11.6 Å². The molecule has 1 fully saturated rings. The largest absolute Gasteiger partial charge is 0.379 e. The number of carbonyl (C=O) groups excluding carboxylic acids is 1. The van der Waals surface area contributed by atoms with E-state index in [9.17, 15) is 19.3 Å². The number of nitrogens with zero attached hydrogens (tertiary/aromatic N) is 1. The zero-order valence-corrected chi connectivity index (χ0v) is 13.7. The molecule has 1 aliphatic carbocycles. The Labute approximate surface area is 144 Å². The summed E-state index contributed by atoms with van der Waals surface area (Å²) < 4.78 is 14.1. The fraction of sp³-hybridized carbons (Fsp3) is 0.278. The Morgan fingerprint density at radius 3 is 2.60 bits per heavy atom. The minimum absolute atomic E-state index is 0.176. The second kappa shape index (κ2) is 6.51. The molecule has 0 aromatic heterocycles. The summed E-state index contributed by atoms with van der Waals surface area (Å²) in [4.78, 5) is 22.4. The third-order valence-electron chi connectivity index (χ3n) is 4.60. The van der Waals surface area contributed by atoms with Crippen LogP contribution in [0.5, 0.6) is 0 Å². The maximum Gasteiger partial charge on any atom is 0.293 e. The SMILES string of the molecule is CNC(=O)c1ccc(NCC2(c3ccccc3F)CC2)c([N+](=O)[O-])c1. The highest BCUT2D eigenvalue weighted by Gasteiger charge is 2.45. The summed E-state index contributed by atoms with van der Waals surface area (Å²) in [5.74, 6) is -0.647. The molecule has 0 spiro atoms. The van der Waals surface area contributed by atoms with Crippen molar-refractivity contribution in [2.24, 2.45) is 0 Å². The van der Waals surface area contributed by atoms with Gasteiger partial charge in [-0.3, -0.25) is 14.9 Å². The maximum absolute atomic E-state index is 14.1. The number of amides is 1. The van der Waals surface area contributed by atoms with Crippen LogP contribution in [0.15, 0.2) is 42.5 Å². The Balaban J connectivity index is 1.83. The number of benzene rings is 2. The normalized spacial score (nSPS) is 14.6. The first-order chi connectivity index (χ1) is 12.0. The molecule has 6 nitrogen and oxygen atoms in total. The van der Waals surface area contributed by atoms with Gasteiger partial charge in [-0.05, 0) is 36.6 Å². The Kier molecular flexibility index (Phi) is 4.39. The van der Waals surface area contributed by atoms with Gasteiger partial charge in [-0.2, -0.15) is 0 Å². The lowest BCUT2D eigenvalue weighted by Gasteiger charge is -2.18. The van der Waals surface area contributed by atoms with E-state index in [4.69, 9.17) is 0 Å². The second-order valence-electron chi connectivity index (χ2n) is 6.18. The first-order valence-corrected chi connectivity index (χ1v) is 7.96. The van der Waals surface area contributed by atoms with E-state index in [2.05, 4.69) is 10.6 Å². The molecule has 3 rings (SSSR count). The van der Waals surface area contributed by atoms with Crippen molar-refractivity contribution < 1.29 is 14.1 Å². The van der Waals surface area contributed by atoms with Crippen LogP contribution in [0.4, 0.5) is 15.8 Å². The summed E-state index contributed by atoms with van der Waals surface area (Å²) in [7, 11) is 1.46. The fourth-order valence-corrected chi connectivity index (χ4v) is 2.97. The van der Waals surface area contributed by atoms with Crippen LogP contribution in [-0.4, -0.2) is 24.4 Å². The standard InChI is InChI=1S/C18H18FN3O3/c1-20-17(23)12-6-7-15(16(10-12)22(24)25)21-11-18(8-9-18)13-4-2-3-5-14(13)19/h2-7,10,21H,8-9,11H2,1H3,(H,20,23). The average molecular weight is 343 g/mol. The Bertz CT molecular complexity index is 834. The summed E-state index contributed by atoms with van der Waals surface area (Å²) in [6.07, 6.45) is 1.65. The molecule has 1 saturated carbocycles. The van der Waals surface area contributed by atoms with Crippen LogP contribution in [0, 0.1) is 15.9 Å². The Morgan fingerprint density at radius 2 is 2.00 bits per heavy atom. The van der Waals surface area contributed by atoms with Gasteiger partial charge in [0.2, 0.25) is 0 Å². The first kappa shape index (κ1) is 16.9. The number of hydrogen-bond acceptors (Lipinski definition) is 4. The molecule has 1 amide bonds. The molecule has 2 N–H and O–H groups in total. The van der Waals surface area contributed by atoms with Crippen molar-refractivity contribution in [1.82, 2.24) is 5.32 Å². The van der Waals surface area contributed by atoms with Gasteiger partial charge in [-0.25, -0.2) is 4.39 Å². The van der Waals surface area contributed by atoms with E-state index in [1.54, 1.807) is 18.2 Å². The number of carbonyl (C=O) groups is 1. The van der Waals surface area contributed by atoms with Crippen LogP contribution in [0.3, 0.4) is 0 Å². The van der Waals surface area contributed by atoms with E-state index >= 15 is 0 Å². The van der Waals surface area contributed by atoms with Crippen molar-refractivity contribution in [3.8, 4) is 0 Å².